The van der Waals surface area contributed by atoms with Crippen LogP contribution in [-0.2, 0) is 0 Å². The van der Waals surface area contributed by atoms with Gasteiger partial charge in [-0.1, -0.05) is 6.07 Å². The van der Waals surface area contributed by atoms with E-state index in [0.29, 0.717) is 17.5 Å². The molecule has 0 bridgehead atoms. The summed E-state index contributed by atoms with van der Waals surface area (Å²) in [5.41, 5.74) is 2.45. The van der Waals surface area contributed by atoms with E-state index in [1.165, 1.54) is 19.4 Å². The lowest BCUT2D eigenvalue weighted by Gasteiger charge is -2.46. The van der Waals surface area contributed by atoms with E-state index in [9.17, 15) is 9.90 Å². The third kappa shape index (κ3) is 2.77. The zero-order valence-corrected chi connectivity index (χ0v) is 12.9. The van der Waals surface area contributed by atoms with Crippen LogP contribution in [0.2, 0.25) is 0 Å². The van der Waals surface area contributed by atoms with E-state index in [4.69, 9.17) is 0 Å². The molecular weight excluding hydrogens is 264 g/mol. The second kappa shape index (κ2) is 5.68. The topological polar surface area (TPSA) is 43.8 Å². The van der Waals surface area contributed by atoms with Crippen LogP contribution >= 0.6 is 0 Å². The minimum Gasteiger partial charge on any atom is -0.478 e. The molecule has 0 saturated carbocycles. The molecule has 2 unspecified atom stereocenters. The number of anilines is 1. The Hall–Kier alpha value is -1.55. The van der Waals surface area contributed by atoms with Gasteiger partial charge < -0.3 is 14.9 Å². The molecule has 1 aromatic carbocycles. The highest BCUT2D eigenvalue weighted by Gasteiger charge is 2.35. The zero-order valence-electron chi connectivity index (χ0n) is 12.9. The maximum absolute atomic E-state index is 11.5. The minimum absolute atomic E-state index is 0.434. The van der Waals surface area contributed by atoms with Crippen molar-refractivity contribution >= 4 is 11.7 Å². The van der Waals surface area contributed by atoms with E-state index in [1.54, 1.807) is 6.07 Å². The van der Waals surface area contributed by atoms with Crippen molar-refractivity contribution in [3.8, 4) is 0 Å². The molecule has 2 saturated heterocycles. The Kier molecular flexibility index (Phi) is 3.89. The van der Waals surface area contributed by atoms with Crippen molar-refractivity contribution in [3.63, 3.8) is 0 Å². The number of likely N-dealkylation sites (tertiary alicyclic amines) is 1. The lowest BCUT2D eigenvalue weighted by atomic mass is 9.84. The SMILES string of the molecule is Cc1ccc(C(=O)O)c(N2CCC3C(CCCN3C)C2)c1. The molecule has 2 aliphatic heterocycles. The van der Waals surface area contributed by atoms with Crippen LogP contribution < -0.4 is 4.90 Å². The van der Waals surface area contributed by atoms with Crippen molar-refractivity contribution < 1.29 is 9.90 Å². The first kappa shape index (κ1) is 14.4. The van der Waals surface area contributed by atoms with Crippen LogP contribution in [-0.4, -0.2) is 48.7 Å². The number of hydrogen-bond donors (Lipinski definition) is 1. The molecule has 1 N–H and O–H groups in total. The maximum atomic E-state index is 11.5. The summed E-state index contributed by atoms with van der Waals surface area (Å²) >= 11 is 0. The van der Waals surface area contributed by atoms with Gasteiger partial charge in [0.2, 0.25) is 0 Å². The van der Waals surface area contributed by atoms with Gasteiger partial charge in [-0.2, -0.15) is 0 Å². The number of carbonyl (C=O) groups is 1. The summed E-state index contributed by atoms with van der Waals surface area (Å²) in [6, 6.07) is 6.32. The molecule has 1 aromatic rings. The number of carboxylic acid groups (broad SMARTS) is 1. The minimum atomic E-state index is -0.826. The number of benzene rings is 1. The summed E-state index contributed by atoms with van der Waals surface area (Å²) in [6.07, 6.45) is 3.65. The first-order valence-electron chi connectivity index (χ1n) is 7.85. The lowest BCUT2D eigenvalue weighted by Crippen LogP contribution is -2.53. The third-order valence-corrected chi connectivity index (χ3v) is 5.07. The Labute approximate surface area is 126 Å². The fraction of sp³-hybridized carbons (Fsp3) is 0.588. The Morgan fingerprint density at radius 2 is 2.10 bits per heavy atom. The summed E-state index contributed by atoms with van der Waals surface area (Å²) in [4.78, 5) is 16.3. The smallest absolute Gasteiger partial charge is 0.337 e. The Balaban J connectivity index is 1.85. The van der Waals surface area contributed by atoms with E-state index in [1.807, 2.05) is 19.1 Å². The molecule has 114 valence electrons. The van der Waals surface area contributed by atoms with Gasteiger partial charge in [0.1, 0.15) is 0 Å². The van der Waals surface area contributed by atoms with Gasteiger partial charge >= 0.3 is 5.97 Å². The van der Waals surface area contributed by atoms with E-state index in [0.717, 1.165) is 30.8 Å². The fourth-order valence-electron chi connectivity index (χ4n) is 3.96. The van der Waals surface area contributed by atoms with Crippen LogP contribution in [0.4, 0.5) is 5.69 Å². The van der Waals surface area contributed by atoms with Gasteiger partial charge in [0.25, 0.3) is 0 Å². The van der Waals surface area contributed by atoms with Crippen molar-refractivity contribution in [3.05, 3.63) is 29.3 Å². The molecule has 0 aliphatic carbocycles. The van der Waals surface area contributed by atoms with Gasteiger partial charge in [0, 0.05) is 19.1 Å². The molecule has 0 amide bonds. The summed E-state index contributed by atoms with van der Waals surface area (Å²) in [5.74, 6) is -0.160. The van der Waals surface area contributed by atoms with Crippen LogP contribution in [0, 0.1) is 12.8 Å². The van der Waals surface area contributed by atoms with Crippen LogP contribution in [0.1, 0.15) is 35.2 Å². The average molecular weight is 288 g/mol. The summed E-state index contributed by atoms with van der Waals surface area (Å²) < 4.78 is 0. The maximum Gasteiger partial charge on any atom is 0.337 e. The molecule has 2 heterocycles. The second-order valence-corrected chi connectivity index (χ2v) is 6.51. The number of piperidine rings is 2. The van der Waals surface area contributed by atoms with Crippen LogP contribution in [0.5, 0.6) is 0 Å². The van der Waals surface area contributed by atoms with E-state index in [2.05, 4.69) is 16.8 Å². The van der Waals surface area contributed by atoms with Gasteiger partial charge in [-0.15, -0.1) is 0 Å². The molecule has 0 spiro atoms. The highest BCUT2D eigenvalue weighted by atomic mass is 16.4. The molecule has 2 atom stereocenters. The van der Waals surface area contributed by atoms with Gasteiger partial charge in [-0.25, -0.2) is 4.79 Å². The number of aryl methyl sites for hydroxylation is 1. The Bertz CT molecular complexity index is 544. The van der Waals surface area contributed by atoms with Crippen molar-refractivity contribution in [2.45, 2.75) is 32.2 Å². The molecule has 0 aromatic heterocycles. The number of fused-ring (bicyclic) bond motifs is 1. The number of hydrogen-bond acceptors (Lipinski definition) is 3. The number of aromatic carboxylic acids is 1. The van der Waals surface area contributed by atoms with Crippen LogP contribution in [0.3, 0.4) is 0 Å². The highest BCUT2D eigenvalue weighted by molar-refractivity contribution is 5.94. The predicted octanol–water partition coefficient (Wildman–Crippen LogP) is 2.61. The standard InChI is InChI=1S/C17H24N2O2/c1-12-5-6-14(17(20)21)16(10-12)19-9-7-15-13(11-19)4-3-8-18(15)2/h5-6,10,13,15H,3-4,7-9,11H2,1-2H3,(H,20,21). The molecule has 0 radical (unpaired) electrons. The van der Waals surface area contributed by atoms with Crippen molar-refractivity contribution in [1.29, 1.82) is 0 Å². The largest absolute Gasteiger partial charge is 0.478 e. The normalized spacial score (nSPS) is 26.5. The van der Waals surface area contributed by atoms with Gasteiger partial charge in [0.15, 0.2) is 0 Å². The van der Waals surface area contributed by atoms with E-state index in [-0.39, 0.29) is 0 Å². The van der Waals surface area contributed by atoms with E-state index >= 15 is 0 Å². The molecule has 2 fully saturated rings. The molecular formula is C17H24N2O2. The van der Waals surface area contributed by atoms with Crippen LogP contribution in [0.15, 0.2) is 18.2 Å². The Morgan fingerprint density at radius 1 is 1.29 bits per heavy atom. The molecule has 4 heteroatoms. The van der Waals surface area contributed by atoms with Crippen molar-refractivity contribution in [2.75, 3.05) is 31.6 Å². The second-order valence-electron chi connectivity index (χ2n) is 6.51. The van der Waals surface area contributed by atoms with Gasteiger partial charge in [-0.3, -0.25) is 0 Å². The number of rotatable bonds is 2. The number of carboxylic acids is 1. The van der Waals surface area contributed by atoms with E-state index < -0.39 is 5.97 Å². The van der Waals surface area contributed by atoms with Crippen molar-refractivity contribution in [2.24, 2.45) is 5.92 Å². The molecule has 3 rings (SSSR count). The number of nitrogens with zero attached hydrogens (tertiary/aromatic N) is 2. The first-order chi connectivity index (χ1) is 10.1. The quantitative estimate of drug-likeness (QED) is 0.908. The third-order valence-electron chi connectivity index (χ3n) is 5.07. The summed E-state index contributed by atoms with van der Waals surface area (Å²) in [5, 5.41) is 9.43. The van der Waals surface area contributed by atoms with Gasteiger partial charge in [0.05, 0.1) is 11.3 Å². The fourth-order valence-corrected chi connectivity index (χ4v) is 3.96. The average Bonchev–Trinajstić information content (AvgIpc) is 2.46. The summed E-state index contributed by atoms with van der Waals surface area (Å²) in [6.45, 7) is 5.16. The molecule has 4 nitrogen and oxygen atoms in total. The van der Waals surface area contributed by atoms with Gasteiger partial charge in [-0.05, 0) is 63.4 Å². The zero-order chi connectivity index (χ0) is 15.0. The highest BCUT2D eigenvalue weighted by Crippen LogP contribution is 2.33. The first-order valence-corrected chi connectivity index (χ1v) is 7.85. The Morgan fingerprint density at radius 3 is 2.86 bits per heavy atom. The van der Waals surface area contributed by atoms with Crippen LogP contribution in [0.25, 0.3) is 0 Å². The van der Waals surface area contributed by atoms with Crippen molar-refractivity contribution in [1.82, 2.24) is 4.90 Å². The monoisotopic (exact) mass is 288 g/mol. The predicted molar refractivity (Wildman–Crippen MR) is 84.1 cm³/mol. The molecule has 21 heavy (non-hydrogen) atoms. The lowest BCUT2D eigenvalue weighted by molar-refractivity contribution is 0.0696. The summed E-state index contributed by atoms with van der Waals surface area (Å²) in [7, 11) is 2.22. The molecule has 2 aliphatic rings.